The summed E-state index contributed by atoms with van der Waals surface area (Å²) in [5.74, 6) is 0.0129. The molecule has 0 fully saturated rings. The first-order valence-corrected chi connectivity index (χ1v) is 10.2. The Labute approximate surface area is 153 Å². The van der Waals surface area contributed by atoms with Crippen LogP contribution in [0.3, 0.4) is 0 Å². The molecule has 1 amide bonds. The molecule has 0 aromatic heterocycles. The van der Waals surface area contributed by atoms with Crippen molar-refractivity contribution < 1.29 is 23.3 Å². The second kappa shape index (κ2) is 8.08. The van der Waals surface area contributed by atoms with E-state index in [0.717, 1.165) is 13.5 Å². The number of nitrogens with one attached hydrogen (secondary N) is 1. The van der Waals surface area contributed by atoms with Crippen molar-refractivity contribution in [3.05, 3.63) is 0 Å². The predicted molar refractivity (Wildman–Crippen MR) is 101 cm³/mol. The molecule has 7 heteroatoms. The summed E-state index contributed by atoms with van der Waals surface area (Å²) in [7, 11) is -2.92. The van der Waals surface area contributed by atoms with Crippen LogP contribution in [0.25, 0.3) is 0 Å². The third-order valence-electron chi connectivity index (χ3n) is 3.81. The Bertz CT molecular complexity index is 506. The summed E-state index contributed by atoms with van der Waals surface area (Å²) in [6.45, 7) is 18.2. The van der Waals surface area contributed by atoms with Crippen LogP contribution in [0.5, 0.6) is 0 Å². The van der Waals surface area contributed by atoms with Crippen molar-refractivity contribution in [3.63, 3.8) is 0 Å². The molecule has 0 spiro atoms. The van der Waals surface area contributed by atoms with Crippen LogP contribution in [0.1, 0.15) is 75.2 Å². The van der Waals surface area contributed by atoms with Crippen LogP contribution in [-0.4, -0.2) is 30.1 Å². The molecule has 0 aromatic rings. The first-order valence-electron chi connectivity index (χ1n) is 8.69. The lowest BCUT2D eigenvalue weighted by Gasteiger charge is -2.37. The van der Waals surface area contributed by atoms with Crippen LogP contribution in [0.15, 0.2) is 0 Å². The van der Waals surface area contributed by atoms with Gasteiger partial charge in [-0.1, -0.05) is 48.5 Å². The largest absolute Gasteiger partial charge is 0.472 e. The number of carbonyl (C=O) groups is 1. The van der Waals surface area contributed by atoms with Crippen LogP contribution in [0.4, 0.5) is 0 Å². The third-order valence-corrected chi connectivity index (χ3v) is 5.00. The van der Waals surface area contributed by atoms with Gasteiger partial charge in [-0.25, -0.2) is 4.57 Å². The van der Waals surface area contributed by atoms with Crippen molar-refractivity contribution in [1.82, 2.24) is 5.32 Å². The van der Waals surface area contributed by atoms with E-state index in [4.69, 9.17) is 4.52 Å². The Morgan fingerprint density at radius 1 is 1.00 bits per heavy atom. The van der Waals surface area contributed by atoms with Gasteiger partial charge in [-0.3, -0.25) is 13.8 Å². The molecule has 25 heavy (non-hydrogen) atoms. The molecule has 1 unspecified atom stereocenters. The molecule has 0 saturated heterocycles. The van der Waals surface area contributed by atoms with E-state index >= 15 is 0 Å². The number of rotatable bonds is 9. The van der Waals surface area contributed by atoms with Crippen molar-refractivity contribution in [3.8, 4) is 0 Å². The van der Waals surface area contributed by atoms with E-state index in [9.17, 15) is 14.3 Å². The average molecular weight is 379 g/mol. The Hall–Kier alpha value is -0.420. The van der Waals surface area contributed by atoms with Gasteiger partial charge in [0.05, 0.1) is 5.60 Å². The van der Waals surface area contributed by atoms with E-state index in [1.807, 2.05) is 27.7 Å². The maximum Gasteiger partial charge on any atom is 0.472 e. The summed E-state index contributed by atoms with van der Waals surface area (Å²) in [4.78, 5) is 22.1. The van der Waals surface area contributed by atoms with Gasteiger partial charge in [-0.05, 0) is 37.5 Å². The Balaban J connectivity index is 4.82. The lowest BCUT2D eigenvalue weighted by Crippen LogP contribution is -2.44. The molecule has 0 aliphatic heterocycles. The summed E-state index contributed by atoms with van der Waals surface area (Å²) in [6, 6.07) is 0. The minimum atomic E-state index is -4.06. The number of carbonyl (C=O) groups excluding carboxylic acids is 1. The van der Waals surface area contributed by atoms with E-state index in [1.165, 1.54) is 0 Å². The zero-order valence-electron chi connectivity index (χ0n) is 17.6. The molecule has 1 atom stereocenters. The molecule has 0 radical (unpaired) electrons. The van der Waals surface area contributed by atoms with Crippen LogP contribution < -0.4 is 5.32 Å². The number of hydrogen-bond acceptors (Lipinski definition) is 4. The summed E-state index contributed by atoms with van der Waals surface area (Å²) in [5, 5.41) is 3.03. The minimum absolute atomic E-state index is 0.0129. The van der Waals surface area contributed by atoms with E-state index in [2.05, 4.69) is 30.6 Å². The maximum absolute atomic E-state index is 12.6. The van der Waals surface area contributed by atoms with Gasteiger partial charge in [0.15, 0.2) is 0 Å². The highest BCUT2D eigenvalue weighted by atomic mass is 31.2. The molecule has 0 heterocycles. The quantitative estimate of drug-likeness (QED) is 0.575. The van der Waals surface area contributed by atoms with Crippen molar-refractivity contribution in [2.24, 2.45) is 16.2 Å². The van der Waals surface area contributed by atoms with Gasteiger partial charge in [0.2, 0.25) is 5.91 Å². The fourth-order valence-corrected chi connectivity index (χ4v) is 4.33. The SMILES string of the molecule is COP(=O)(O)OC(C)(C)CC(C)(C)CNC(=O)C(C)(C)CC(C)(C)C. The highest BCUT2D eigenvalue weighted by Crippen LogP contribution is 2.48. The van der Waals surface area contributed by atoms with Gasteiger partial charge in [-0.2, -0.15) is 0 Å². The van der Waals surface area contributed by atoms with Crippen LogP contribution in [0.2, 0.25) is 0 Å². The zero-order chi connectivity index (χ0) is 20.3. The van der Waals surface area contributed by atoms with Crippen LogP contribution in [0, 0.1) is 16.2 Å². The van der Waals surface area contributed by atoms with Crippen LogP contribution in [-0.2, 0) is 18.4 Å². The molecule has 0 aliphatic carbocycles. The topological polar surface area (TPSA) is 84.9 Å². The fourth-order valence-electron chi connectivity index (χ4n) is 3.56. The molecular weight excluding hydrogens is 341 g/mol. The van der Waals surface area contributed by atoms with E-state index < -0.39 is 18.8 Å². The van der Waals surface area contributed by atoms with Gasteiger partial charge in [0.1, 0.15) is 0 Å². The lowest BCUT2D eigenvalue weighted by atomic mass is 9.75. The second-order valence-electron chi connectivity index (χ2n) is 10.1. The Morgan fingerprint density at radius 2 is 1.48 bits per heavy atom. The predicted octanol–water partition coefficient (Wildman–Crippen LogP) is 4.52. The molecule has 0 aromatic carbocycles. The second-order valence-corrected chi connectivity index (χ2v) is 11.6. The number of hydrogen-bond donors (Lipinski definition) is 2. The number of amides is 1. The maximum atomic E-state index is 12.6. The van der Waals surface area contributed by atoms with Crippen molar-refractivity contribution >= 4 is 13.7 Å². The van der Waals surface area contributed by atoms with Gasteiger partial charge in [0.25, 0.3) is 0 Å². The van der Waals surface area contributed by atoms with E-state index in [-0.39, 0.29) is 16.7 Å². The zero-order valence-corrected chi connectivity index (χ0v) is 18.5. The molecule has 0 bridgehead atoms. The van der Waals surface area contributed by atoms with Crippen LogP contribution >= 0.6 is 7.82 Å². The van der Waals surface area contributed by atoms with Crippen molar-refractivity contribution in [2.45, 2.75) is 80.8 Å². The monoisotopic (exact) mass is 379 g/mol. The average Bonchev–Trinajstić information content (AvgIpc) is 2.30. The summed E-state index contributed by atoms with van der Waals surface area (Å²) < 4.78 is 21.4. The molecule has 0 saturated carbocycles. The molecule has 0 rings (SSSR count). The summed E-state index contributed by atoms with van der Waals surface area (Å²) in [5.41, 5.74) is -1.58. The van der Waals surface area contributed by atoms with E-state index in [0.29, 0.717) is 13.0 Å². The van der Waals surface area contributed by atoms with E-state index in [1.54, 1.807) is 13.8 Å². The van der Waals surface area contributed by atoms with Gasteiger partial charge >= 0.3 is 7.82 Å². The first-order chi connectivity index (χ1) is 10.8. The van der Waals surface area contributed by atoms with Gasteiger partial charge < -0.3 is 10.2 Å². The molecule has 6 nitrogen and oxygen atoms in total. The third kappa shape index (κ3) is 10.3. The highest BCUT2D eigenvalue weighted by molar-refractivity contribution is 7.47. The Morgan fingerprint density at radius 3 is 1.88 bits per heavy atom. The van der Waals surface area contributed by atoms with Crippen molar-refractivity contribution in [1.29, 1.82) is 0 Å². The number of phosphoric ester groups is 1. The van der Waals surface area contributed by atoms with Gasteiger partial charge in [0, 0.05) is 19.1 Å². The lowest BCUT2D eigenvalue weighted by molar-refractivity contribution is -0.131. The molecule has 0 aliphatic rings. The summed E-state index contributed by atoms with van der Waals surface area (Å²) >= 11 is 0. The fraction of sp³-hybridized carbons (Fsp3) is 0.944. The highest BCUT2D eigenvalue weighted by Gasteiger charge is 2.37. The Kier molecular flexibility index (Phi) is 7.94. The smallest absolute Gasteiger partial charge is 0.355 e. The molecular formula is C18H38NO5P. The van der Waals surface area contributed by atoms with Crippen molar-refractivity contribution in [2.75, 3.05) is 13.7 Å². The number of phosphoric acid groups is 1. The normalized spacial score (nSPS) is 16.4. The molecule has 150 valence electrons. The first kappa shape index (κ1) is 24.6. The summed E-state index contributed by atoms with van der Waals surface area (Å²) in [6.07, 6.45) is 1.26. The van der Waals surface area contributed by atoms with Gasteiger partial charge in [-0.15, -0.1) is 0 Å². The minimum Gasteiger partial charge on any atom is -0.355 e. The standard InChI is InChI=1S/C18H38NO5P/c1-15(2,3)11-17(6,7)14(20)19-13-16(4,5)12-18(8,9)24-25(21,22)23-10/h11-13H2,1-10H3,(H,19,20)(H,21,22). The molecule has 2 N–H and O–H groups in total.